The van der Waals surface area contributed by atoms with E-state index < -0.39 is 5.97 Å². The molecule has 0 bridgehead atoms. The first kappa shape index (κ1) is 17.4. The summed E-state index contributed by atoms with van der Waals surface area (Å²) in [4.78, 5) is 19.0. The van der Waals surface area contributed by atoms with Crippen LogP contribution in [-0.2, 0) is 9.53 Å². The van der Waals surface area contributed by atoms with Gasteiger partial charge in [-0.2, -0.15) is 0 Å². The lowest BCUT2D eigenvalue weighted by atomic mass is 10.1. The smallest absolute Gasteiger partial charge is 0.305 e. The van der Waals surface area contributed by atoms with Gasteiger partial charge in [-0.3, -0.25) is 9.79 Å². The quantitative estimate of drug-likeness (QED) is 0.748. The van der Waals surface area contributed by atoms with Gasteiger partial charge in [0, 0.05) is 30.4 Å². The fourth-order valence-corrected chi connectivity index (χ4v) is 4.59. The van der Waals surface area contributed by atoms with Gasteiger partial charge in [0.2, 0.25) is 0 Å². The highest BCUT2D eigenvalue weighted by molar-refractivity contribution is 8.14. The van der Waals surface area contributed by atoms with Gasteiger partial charge in [0.05, 0.1) is 29.4 Å². The average molecular weight is 373 g/mol. The van der Waals surface area contributed by atoms with Crippen LogP contribution >= 0.6 is 11.8 Å². The third-order valence-electron chi connectivity index (χ3n) is 4.81. The molecule has 0 saturated carbocycles. The van der Waals surface area contributed by atoms with Crippen LogP contribution in [0.25, 0.3) is 10.9 Å². The van der Waals surface area contributed by atoms with E-state index in [0.717, 1.165) is 59.1 Å². The lowest BCUT2D eigenvalue weighted by molar-refractivity contribution is -0.137. The van der Waals surface area contributed by atoms with E-state index in [9.17, 15) is 4.79 Å². The van der Waals surface area contributed by atoms with Crippen molar-refractivity contribution in [2.24, 2.45) is 4.99 Å². The number of aromatic amines is 1. The second kappa shape index (κ2) is 7.32. The van der Waals surface area contributed by atoms with Crippen LogP contribution in [0.15, 0.2) is 23.2 Å². The number of aliphatic imine (C=N–C) groups is 1. The van der Waals surface area contributed by atoms with Crippen LogP contribution < -0.4 is 5.32 Å². The summed E-state index contributed by atoms with van der Waals surface area (Å²) < 4.78 is 5.45. The van der Waals surface area contributed by atoms with Gasteiger partial charge in [0.15, 0.2) is 0 Å². The number of aliphatic carboxylic acids is 1. The molecule has 2 aliphatic heterocycles. The maximum atomic E-state index is 10.9. The molecule has 4 rings (SSSR count). The minimum atomic E-state index is -0.796. The van der Waals surface area contributed by atoms with Crippen LogP contribution in [-0.4, -0.2) is 52.2 Å². The number of hydrogen-bond acceptors (Lipinski definition) is 5. The Labute approximate surface area is 156 Å². The average Bonchev–Trinajstić information content (AvgIpc) is 3.22. The highest BCUT2D eigenvalue weighted by Crippen LogP contribution is 2.31. The summed E-state index contributed by atoms with van der Waals surface area (Å²) in [6, 6.07) is 6.75. The van der Waals surface area contributed by atoms with E-state index >= 15 is 0 Å². The number of aryl methyl sites for hydroxylation is 1. The molecule has 3 N–H and O–H groups in total. The van der Waals surface area contributed by atoms with Gasteiger partial charge in [-0.05, 0) is 43.5 Å². The number of fused-ring (bicyclic) bond motifs is 1. The minimum Gasteiger partial charge on any atom is -0.481 e. The predicted octanol–water partition coefficient (Wildman–Crippen LogP) is 3.40. The number of anilines is 1. The lowest BCUT2D eigenvalue weighted by Gasteiger charge is -2.24. The number of aromatic nitrogens is 1. The fourth-order valence-electron chi connectivity index (χ4n) is 3.55. The second-order valence-electron chi connectivity index (χ2n) is 6.99. The number of carboxylic acids is 1. The van der Waals surface area contributed by atoms with Gasteiger partial charge in [-0.15, -0.1) is 11.8 Å². The van der Waals surface area contributed by atoms with E-state index in [2.05, 4.69) is 40.4 Å². The van der Waals surface area contributed by atoms with Crippen LogP contribution in [0.4, 0.5) is 5.69 Å². The van der Waals surface area contributed by atoms with E-state index in [1.807, 2.05) is 0 Å². The molecule has 0 unspecified atom stereocenters. The van der Waals surface area contributed by atoms with Crippen molar-refractivity contribution >= 4 is 39.4 Å². The maximum Gasteiger partial charge on any atom is 0.305 e. The van der Waals surface area contributed by atoms with Gasteiger partial charge in [0.1, 0.15) is 5.04 Å². The Morgan fingerprint density at radius 1 is 1.38 bits per heavy atom. The van der Waals surface area contributed by atoms with Crippen molar-refractivity contribution in [3.63, 3.8) is 0 Å². The summed E-state index contributed by atoms with van der Waals surface area (Å²) in [5, 5.41) is 14.7. The summed E-state index contributed by atoms with van der Waals surface area (Å²) in [7, 11) is 0. The molecule has 0 amide bonds. The van der Waals surface area contributed by atoms with E-state index in [1.165, 1.54) is 5.56 Å². The summed E-state index contributed by atoms with van der Waals surface area (Å²) in [6.45, 7) is 3.72. The monoisotopic (exact) mass is 373 g/mol. The summed E-state index contributed by atoms with van der Waals surface area (Å²) >= 11 is 1.62. The highest BCUT2D eigenvalue weighted by Gasteiger charge is 2.23. The largest absolute Gasteiger partial charge is 0.481 e. The Morgan fingerprint density at radius 3 is 2.96 bits per heavy atom. The molecule has 7 heteroatoms. The van der Waals surface area contributed by atoms with Gasteiger partial charge >= 0.3 is 5.97 Å². The number of carboxylic acid groups (broad SMARTS) is 1. The number of thioether (sulfide) groups is 1. The van der Waals surface area contributed by atoms with Crippen LogP contribution in [0.1, 0.15) is 30.5 Å². The van der Waals surface area contributed by atoms with Gasteiger partial charge < -0.3 is 20.1 Å². The zero-order chi connectivity index (χ0) is 18.1. The van der Waals surface area contributed by atoms with Crippen molar-refractivity contribution in [3.8, 4) is 0 Å². The Hall–Kier alpha value is -1.99. The van der Waals surface area contributed by atoms with Crippen molar-refractivity contribution in [1.82, 2.24) is 4.98 Å². The van der Waals surface area contributed by atoms with Crippen LogP contribution in [0, 0.1) is 6.92 Å². The first-order chi connectivity index (χ1) is 12.6. The Morgan fingerprint density at radius 2 is 2.19 bits per heavy atom. The molecule has 6 nitrogen and oxygen atoms in total. The van der Waals surface area contributed by atoms with E-state index in [4.69, 9.17) is 9.84 Å². The molecule has 0 spiro atoms. The Bertz CT molecular complexity index is 855. The molecule has 1 atom stereocenters. The molecule has 2 aromatic rings. The zero-order valence-electron chi connectivity index (χ0n) is 14.7. The normalized spacial score (nSPS) is 21.1. The first-order valence-corrected chi connectivity index (χ1v) is 9.97. The van der Waals surface area contributed by atoms with Crippen molar-refractivity contribution < 1.29 is 14.6 Å². The van der Waals surface area contributed by atoms with Crippen LogP contribution in [0.5, 0.6) is 0 Å². The number of rotatable bonds is 5. The minimum absolute atomic E-state index is 0.0897. The van der Waals surface area contributed by atoms with Crippen molar-refractivity contribution in [2.75, 3.05) is 24.3 Å². The van der Waals surface area contributed by atoms with Crippen LogP contribution in [0.2, 0.25) is 0 Å². The topological polar surface area (TPSA) is 86.7 Å². The summed E-state index contributed by atoms with van der Waals surface area (Å²) in [5.74, 6) is -0.0701. The molecular formula is C19H23N3O3S. The molecular weight excluding hydrogens is 350 g/mol. The highest BCUT2D eigenvalue weighted by atomic mass is 32.2. The molecule has 0 radical (unpaired) electrons. The Kier molecular flexibility index (Phi) is 4.91. The SMILES string of the molecule is Cc1cc(NC2CCOCC2)c2[nH]c(C3=N[C@H](CC(=O)O)CS3)cc2c1. The Balaban J connectivity index is 1.62. The van der Waals surface area contributed by atoms with Gasteiger partial charge in [0.25, 0.3) is 0 Å². The fraction of sp³-hybridized carbons (Fsp3) is 0.474. The van der Waals surface area contributed by atoms with Crippen LogP contribution in [0.3, 0.4) is 0 Å². The number of ether oxygens (including phenoxy) is 1. The second-order valence-corrected chi connectivity index (χ2v) is 8.00. The summed E-state index contributed by atoms with van der Waals surface area (Å²) in [6.07, 6.45) is 2.12. The molecule has 1 saturated heterocycles. The first-order valence-electron chi connectivity index (χ1n) is 8.99. The standard InChI is InChI=1S/C19H23N3O3S/c1-11-6-12-8-16(19-21-14(10-26-19)9-17(23)24)22-18(12)15(7-11)20-13-2-4-25-5-3-13/h6-8,13-14,20,22H,2-5,9-10H2,1H3,(H,23,24)/t14-/m1/s1. The molecule has 1 aromatic heterocycles. The zero-order valence-corrected chi connectivity index (χ0v) is 15.6. The number of nitrogens with one attached hydrogen (secondary N) is 2. The third-order valence-corrected chi connectivity index (χ3v) is 5.96. The number of nitrogens with zero attached hydrogens (tertiary/aromatic N) is 1. The molecule has 3 heterocycles. The molecule has 138 valence electrons. The number of H-pyrrole nitrogens is 1. The van der Waals surface area contributed by atoms with E-state index in [1.54, 1.807) is 11.8 Å². The molecule has 0 aliphatic carbocycles. The number of hydrogen-bond donors (Lipinski definition) is 3. The molecule has 1 fully saturated rings. The number of carbonyl (C=O) groups is 1. The lowest BCUT2D eigenvalue weighted by Crippen LogP contribution is -2.27. The summed E-state index contributed by atoms with van der Waals surface area (Å²) in [5.41, 5.74) is 4.38. The van der Waals surface area contributed by atoms with Gasteiger partial charge in [-0.25, -0.2) is 0 Å². The van der Waals surface area contributed by atoms with Crippen molar-refractivity contribution in [2.45, 2.75) is 38.3 Å². The predicted molar refractivity (Wildman–Crippen MR) is 106 cm³/mol. The molecule has 26 heavy (non-hydrogen) atoms. The van der Waals surface area contributed by atoms with E-state index in [-0.39, 0.29) is 12.5 Å². The molecule has 2 aliphatic rings. The maximum absolute atomic E-state index is 10.9. The van der Waals surface area contributed by atoms with E-state index in [0.29, 0.717) is 6.04 Å². The van der Waals surface area contributed by atoms with Gasteiger partial charge in [-0.1, -0.05) is 0 Å². The number of benzene rings is 1. The third kappa shape index (κ3) is 3.73. The van der Waals surface area contributed by atoms with Crippen molar-refractivity contribution in [1.29, 1.82) is 0 Å². The van der Waals surface area contributed by atoms with Crippen molar-refractivity contribution in [3.05, 3.63) is 29.5 Å². The molecule has 1 aromatic carbocycles.